The van der Waals surface area contributed by atoms with Gasteiger partial charge in [0.15, 0.2) is 5.78 Å². The van der Waals surface area contributed by atoms with E-state index in [1.807, 2.05) is 0 Å². The Labute approximate surface area is 106 Å². The summed E-state index contributed by atoms with van der Waals surface area (Å²) in [6, 6.07) is 4.98. The molecule has 0 heterocycles. The van der Waals surface area contributed by atoms with Crippen molar-refractivity contribution in [2.75, 3.05) is 6.54 Å². The lowest BCUT2D eigenvalue weighted by Gasteiger charge is -2.02. The molecule has 1 rings (SSSR count). The Morgan fingerprint density at radius 3 is 2.50 bits per heavy atom. The van der Waals surface area contributed by atoms with Crippen LogP contribution in [0.2, 0.25) is 10.0 Å². The van der Waals surface area contributed by atoms with Crippen molar-refractivity contribution in [3.8, 4) is 0 Å². The van der Waals surface area contributed by atoms with Crippen molar-refractivity contribution in [1.82, 2.24) is 0 Å². The predicted molar refractivity (Wildman–Crippen MR) is 68.3 cm³/mol. The van der Waals surface area contributed by atoms with Gasteiger partial charge in [0.1, 0.15) is 0 Å². The molecule has 0 fully saturated rings. The highest BCUT2D eigenvalue weighted by Gasteiger charge is 2.07. The summed E-state index contributed by atoms with van der Waals surface area (Å²) < 4.78 is 0. The average molecular weight is 260 g/mol. The van der Waals surface area contributed by atoms with Crippen LogP contribution in [0.25, 0.3) is 0 Å². The van der Waals surface area contributed by atoms with E-state index in [4.69, 9.17) is 28.9 Å². The largest absolute Gasteiger partial charge is 0.330 e. The fourth-order valence-corrected chi connectivity index (χ4v) is 1.72. The molecule has 2 N–H and O–H groups in total. The van der Waals surface area contributed by atoms with Gasteiger partial charge in [-0.2, -0.15) is 0 Å². The minimum Gasteiger partial charge on any atom is -0.330 e. The Hall–Kier alpha value is -0.570. The number of hydrogen-bond acceptors (Lipinski definition) is 2. The van der Waals surface area contributed by atoms with E-state index < -0.39 is 0 Å². The first-order valence-corrected chi connectivity index (χ1v) is 6.09. The maximum absolute atomic E-state index is 11.7. The van der Waals surface area contributed by atoms with Crippen LogP contribution in [-0.4, -0.2) is 12.3 Å². The average Bonchev–Trinajstić information content (AvgIpc) is 2.28. The highest BCUT2D eigenvalue weighted by molar-refractivity contribution is 6.42. The third-order valence-corrected chi connectivity index (χ3v) is 3.09. The first kappa shape index (κ1) is 13.5. The maximum atomic E-state index is 11.7. The summed E-state index contributed by atoms with van der Waals surface area (Å²) in [5.41, 5.74) is 6.00. The summed E-state index contributed by atoms with van der Waals surface area (Å²) in [6.45, 7) is 0.682. The van der Waals surface area contributed by atoms with E-state index in [9.17, 15) is 4.79 Å². The summed E-state index contributed by atoms with van der Waals surface area (Å²) >= 11 is 11.6. The molecule has 0 bridgehead atoms. The first-order chi connectivity index (χ1) is 7.65. The summed E-state index contributed by atoms with van der Waals surface area (Å²) in [6.07, 6.45) is 3.37. The molecule has 0 unspecified atom stereocenters. The zero-order valence-corrected chi connectivity index (χ0v) is 10.5. The van der Waals surface area contributed by atoms with Crippen molar-refractivity contribution in [3.63, 3.8) is 0 Å². The van der Waals surface area contributed by atoms with E-state index in [1.165, 1.54) is 0 Å². The molecule has 0 radical (unpaired) electrons. The third-order valence-electron chi connectivity index (χ3n) is 2.35. The van der Waals surface area contributed by atoms with E-state index in [1.54, 1.807) is 18.2 Å². The molecule has 16 heavy (non-hydrogen) atoms. The normalized spacial score (nSPS) is 10.4. The number of unbranched alkanes of at least 4 members (excludes halogenated alkanes) is 2. The van der Waals surface area contributed by atoms with E-state index in [0.29, 0.717) is 28.6 Å². The summed E-state index contributed by atoms with van der Waals surface area (Å²) in [4.78, 5) is 11.7. The zero-order valence-electron chi connectivity index (χ0n) is 9.01. The number of nitrogens with two attached hydrogens (primary N) is 1. The second-order valence-electron chi connectivity index (χ2n) is 3.65. The van der Waals surface area contributed by atoms with Gasteiger partial charge in [0.25, 0.3) is 0 Å². The van der Waals surface area contributed by atoms with Gasteiger partial charge in [-0.25, -0.2) is 0 Å². The lowest BCUT2D eigenvalue weighted by atomic mass is 10.0. The van der Waals surface area contributed by atoms with Crippen LogP contribution in [-0.2, 0) is 0 Å². The Balaban J connectivity index is 2.50. The number of hydrogen-bond donors (Lipinski definition) is 1. The predicted octanol–water partition coefficient (Wildman–Crippen LogP) is 3.70. The van der Waals surface area contributed by atoms with E-state index in [-0.39, 0.29) is 5.78 Å². The molecule has 0 amide bonds. The number of halogens is 2. The molecule has 1 aromatic rings. The smallest absolute Gasteiger partial charge is 0.162 e. The summed E-state index contributed by atoms with van der Waals surface area (Å²) in [5, 5.41) is 0.899. The van der Waals surface area contributed by atoms with Gasteiger partial charge < -0.3 is 5.73 Å². The van der Waals surface area contributed by atoms with E-state index >= 15 is 0 Å². The monoisotopic (exact) mass is 259 g/mol. The molecule has 0 aromatic heterocycles. The SMILES string of the molecule is NCCCCCC(=O)c1ccc(Cl)c(Cl)c1. The topological polar surface area (TPSA) is 43.1 Å². The fourth-order valence-electron chi connectivity index (χ4n) is 1.42. The van der Waals surface area contributed by atoms with Gasteiger partial charge >= 0.3 is 0 Å². The third kappa shape index (κ3) is 4.12. The van der Waals surface area contributed by atoms with Crippen molar-refractivity contribution >= 4 is 29.0 Å². The van der Waals surface area contributed by atoms with Gasteiger partial charge in [-0.3, -0.25) is 4.79 Å². The van der Waals surface area contributed by atoms with Crippen LogP contribution in [0.3, 0.4) is 0 Å². The lowest BCUT2D eigenvalue weighted by molar-refractivity contribution is 0.0979. The molecule has 0 saturated carbocycles. The van der Waals surface area contributed by atoms with Crippen LogP contribution >= 0.6 is 23.2 Å². The number of benzene rings is 1. The minimum absolute atomic E-state index is 0.107. The van der Waals surface area contributed by atoms with Gasteiger partial charge in [0, 0.05) is 12.0 Å². The molecule has 0 spiro atoms. The fraction of sp³-hybridized carbons (Fsp3) is 0.417. The Kier molecular flexibility index (Phi) is 5.81. The molecule has 0 aliphatic heterocycles. The number of Topliss-reactive ketones (excluding diaryl/α,β-unsaturated/α-hetero) is 1. The van der Waals surface area contributed by atoms with Crippen molar-refractivity contribution in [1.29, 1.82) is 0 Å². The van der Waals surface area contributed by atoms with Crippen LogP contribution in [0.4, 0.5) is 0 Å². The molecular weight excluding hydrogens is 245 g/mol. The lowest BCUT2D eigenvalue weighted by Crippen LogP contribution is -2.01. The second kappa shape index (κ2) is 6.89. The first-order valence-electron chi connectivity index (χ1n) is 5.33. The van der Waals surface area contributed by atoms with Gasteiger partial charge in [0.05, 0.1) is 10.0 Å². The van der Waals surface area contributed by atoms with E-state index in [0.717, 1.165) is 19.3 Å². The second-order valence-corrected chi connectivity index (χ2v) is 4.47. The van der Waals surface area contributed by atoms with Crippen molar-refractivity contribution in [3.05, 3.63) is 33.8 Å². The molecule has 4 heteroatoms. The van der Waals surface area contributed by atoms with Crippen LogP contribution in [0, 0.1) is 0 Å². The minimum atomic E-state index is 0.107. The molecule has 2 nitrogen and oxygen atoms in total. The standard InChI is InChI=1S/C12H15Cl2NO/c13-10-6-5-9(8-11(10)14)12(16)4-2-1-3-7-15/h5-6,8H,1-4,7,15H2. The number of ketones is 1. The molecule has 0 atom stereocenters. The summed E-state index contributed by atoms with van der Waals surface area (Å²) in [5.74, 6) is 0.107. The Bertz CT molecular complexity index is 366. The van der Waals surface area contributed by atoms with Crippen LogP contribution in [0.15, 0.2) is 18.2 Å². The highest BCUT2D eigenvalue weighted by Crippen LogP contribution is 2.23. The van der Waals surface area contributed by atoms with Gasteiger partial charge in [-0.05, 0) is 37.6 Å². The molecule has 0 aliphatic rings. The number of rotatable bonds is 6. The zero-order chi connectivity index (χ0) is 12.0. The van der Waals surface area contributed by atoms with Crippen molar-refractivity contribution in [2.45, 2.75) is 25.7 Å². The number of carbonyl (C=O) groups is 1. The van der Waals surface area contributed by atoms with Crippen molar-refractivity contribution < 1.29 is 4.79 Å². The van der Waals surface area contributed by atoms with Crippen molar-refractivity contribution in [2.24, 2.45) is 5.73 Å². The van der Waals surface area contributed by atoms with Crippen LogP contribution in [0.5, 0.6) is 0 Å². The van der Waals surface area contributed by atoms with Gasteiger partial charge in [-0.15, -0.1) is 0 Å². The highest BCUT2D eigenvalue weighted by atomic mass is 35.5. The molecule has 88 valence electrons. The quantitative estimate of drug-likeness (QED) is 0.626. The van der Waals surface area contributed by atoms with E-state index in [2.05, 4.69) is 0 Å². The van der Waals surface area contributed by atoms with Crippen LogP contribution < -0.4 is 5.73 Å². The molecule has 0 saturated heterocycles. The summed E-state index contributed by atoms with van der Waals surface area (Å²) in [7, 11) is 0. The van der Waals surface area contributed by atoms with Gasteiger partial charge in [0.2, 0.25) is 0 Å². The Morgan fingerprint density at radius 2 is 1.88 bits per heavy atom. The number of carbonyl (C=O) groups excluding carboxylic acids is 1. The molecular formula is C12H15Cl2NO. The molecule has 1 aromatic carbocycles. The molecule has 0 aliphatic carbocycles. The maximum Gasteiger partial charge on any atom is 0.162 e. The Morgan fingerprint density at radius 1 is 1.12 bits per heavy atom. The van der Waals surface area contributed by atoms with Gasteiger partial charge in [-0.1, -0.05) is 29.6 Å². The van der Waals surface area contributed by atoms with Crippen LogP contribution in [0.1, 0.15) is 36.0 Å².